The van der Waals surface area contributed by atoms with E-state index < -0.39 is 15.1 Å². The Kier molecular flexibility index (Phi) is 2.71. The summed E-state index contributed by atoms with van der Waals surface area (Å²) in [6, 6.07) is 3.59. The van der Waals surface area contributed by atoms with Crippen LogP contribution in [0.15, 0.2) is 23.1 Å². The molecule has 0 saturated heterocycles. The van der Waals surface area contributed by atoms with Crippen molar-refractivity contribution < 1.29 is 17.1 Å². The molecule has 0 aromatic heterocycles. The van der Waals surface area contributed by atoms with Gasteiger partial charge in [-0.15, -0.1) is 3.89 Å². The first kappa shape index (κ1) is 10.8. The molecule has 76 valence electrons. The molecule has 1 aromatic rings. The number of hydrogen-bond acceptors (Lipinski definition) is 3. The second-order valence-corrected chi connectivity index (χ2v) is 4.32. The Bertz CT molecular complexity index is 477. The largest absolute Gasteiger partial charge is 0.332 e. The SMILES string of the molecule is CC(=O)c1cc(S(=O)(=O)F)ccc1C. The summed E-state index contributed by atoms with van der Waals surface area (Å²) in [5.41, 5.74) is 0.855. The molecule has 1 aromatic carbocycles. The molecule has 0 atom stereocenters. The van der Waals surface area contributed by atoms with Crippen LogP contribution >= 0.6 is 0 Å². The van der Waals surface area contributed by atoms with Gasteiger partial charge in [0.1, 0.15) is 0 Å². The van der Waals surface area contributed by atoms with E-state index in [-0.39, 0.29) is 11.3 Å². The zero-order valence-electron chi connectivity index (χ0n) is 7.74. The number of hydrogen-bond donors (Lipinski definition) is 0. The molecule has 0 spiro atoms. The highest BCUT2D eigenvalue weighted by atomic mass is 32.3. The van der Waals surface area contributed by atoms with E-state index in [1.807, 2.05) is 0 Å². The van der Waals surface area contributed by atoms with E-state index in [0.717, 1.165) is 12.1 Å². The van der Waals surface area contributed by atoms with E-state index in [2.05, 4.69) is 0 Å². The highest BCUT2D eigenvalue weighted by molar-refractivity contribution is 7.86. The van der Waals surface area contributed by atoms with Crippen LogP contribution in [0.3, 0.4) is 0 Å². The fraction of sp³-hybridized carbons (Fsp3) is 0.222. The van der Waals surface area contributed by atoms with Crippen molar-refractivity contribution in [2.45, 2.75) is 18.7 Å². The topological polar surface area (TPSA) is 51.2 Å². The summed E-state index contributed by atoms with van der Waals surface area (Å²) in [5, 5.41) is 0. The Hall–Kier alpha value is -1.23. The number of ketones is 1. The Labute approximate surface area is 81.8 Å². The van der Waals surface area contributed by atoms with Crippen molar-refractivity contribution in [3.05, 3.63) is 29.3 Å². The van der Waals surface area contributed by atoms with Gasteiger partial charge in [-0.2, -0.15) is 8.42 Å². The molecule has 0 aliphatic carbocycles. The zero-order chi connectivity index (χ0) is 10.9. The van der Waals surface area contributed by atoms with Crippen molar-refractivity contribution in [3.63, 3.8) is 0 Å². The van der Waals surface area contributed by atoms with Crippen LogP contribution < -0.4 is 0 Å². The molecule has 1 rings (SSSR count). The minimum Gasteiger partial charge on any atom is -0.295 e. The zero-order valence-corrected chi connectivity index (χ0v) is 8.56. The summed E-state index contributed by atoms with van der Waals surface area (Å²) in [4.78, 5) is 10.5. The van der Waals surface area contributed by atoms with Gasteiger partial charge in [-0.1, -0.05) is 6.07 Å². The highest BCUT2D eigenvalue weighted by Crippen LogP contribution is 2.17. The second kappa shape index (κ2) is 3.49. The van der Waals surface area contributed by atoms with E-state index in [9.17, 15) is 17.1 Å². The fourth-order valence-corrected chi connectivity index (χ4v) is 1.62. The third kappa shape index (κ3) is 2.17. The third-order valence-corrected chi connectivity index (χ3v) is 2.69. The minimum atomic E-state index is -4.73. The number of carbonyl (C=O) groups excluding carboxylic acids is 1. The average molecular weight is 216 g/mol. The number of carbonyl (C=O) groups is 1. The van der Waals surface area contributed by atoms with Crippen molar-refractivity contribution >= 4 is 16.0 Å². The molecule has 0 aliphatic heterocycles. The lowest BCUT2D eigenvalue weighted by Crippen LogP contribution is -2.00. The summed E-state index contributed by atoms with van der Waals surface area (Å²) < 4.78 is 33.6. The fourth-order valence-electron chi connectivity index (χ4n) is 1.13. The summed E-state index contributed by atoms with van der Waals surface area (Å²) in [6.45, 7) is 2.96. The lowest BCUT2D eigenvalue weighted by Gasteiger charge is -2.02. The Morgan fingerprint density at radius 1 is 1.36 bits per heavy atom. The monoisotopic (exact) mass is 216 g/mol. The van der Waals surface area contributed by atoms with E-state index in [4.69, 9.17) is 0 Å². The molecule has 0 saturated carbocycles. The van der Waals surface area contributed by atoms with Crippen LogP contribution in [0.4, 0.5) is 3.89 Å². The smallest absolute Gasteiger partial charge is 0.295 e. The molecule has 3 nitrogen and oxygen atoms in total. The molecule has 0 amide bonds. The van der Waals surface area contributed by atoms with Crippen LogP contribution in [0.2, 0.25) is 0 Å². The maximum Gasteiger partial charge on any atom is 0.332 e. The molecule has 0 aliphatic rings. The lowest BCUT2D eigenvalue weighted by atomic mass is 10.1. The van der Waals surface area contributed by atoms with E-state index >= 15 is 0 Å². The lowest BCUT2D eigenvalue weighted by molar-refractivity contribution is 0.101. The third-order valence-electron chi connectivity index (χ3n) is 1.87. The molecule has 0 bridgehead atoms. The van der Waals surface area contributed by atoms with Crippen LogP contribution in [0.25, 0.3) is 0 Å². The molecule has 14 heavy (non-hydrogen) atoms. The summed E-state index contributed by atoms with van der Waals surface area (Å²) in [6.07, 6.45) is 0. The van der Waals surface area contributed by atoms with Gasteiger partial charge >= 0.3 is 10.2 Å². The van der Waals surface area contributed by atoms with Gasteiger partial charge < -0.3 is 0 Å². The molecule has 0 fully saturated rings. The number of rotatable bonds is 2. The predicted octanol–water partition coefficient (Wildman–Crippen LogP) is 1.86. The van der Waals surface area contributed by atoms with Gasteiger partial charge in [0.05, 0.1) is 4.90 Å². The summed E-state index contributed by atoms with van der Waals surface area (Å²) >= 11 is 0. The second-order valence-electron chi connectivity index (χ2n) is 2.97. The number of Topliss-reactive ketones (excluding diaryl/α,β-unsaturated/α-hetero) is 1. The summed E-state index contributed by atoms with van der Waals surface area (Å²) in [5.74, 6) is -0.284. The van der Waals surface area contributed by atoms with Gasteiger partial charge in [-0.05, 0) is 31.5 Å². The van der Waals surface area contributed by atoms with Crippen LogP contribution in [0.5, 0.6) is 0 Å². The molecule has 0 N–H and O–H groups in total. The predicted molar refractivity (Wildman–Crippen MR) is 49.5 cm³/mol. The van der Waals surface area contributed by atoms with Crippen molar-refractivity contribution in [1.82, 2.24) is 0 Å². The van der Waals surface area contributed by atoms with Crippen molar-refractivity contribution in [3.8, 4) is 0 Å². The first-order chi connectivity index (χ1) is 6.32. The van der Waals surface area contributed by atoms with Gasteiger partial charge in [0.15, 0.2) is 5.78 Å². The van der Waals surface area contributed by atoms with Gasteiger partial charge in [0.25, 0.3) is 0 Å². The molecule has 0 unspecified atom stereocenters. The van der Waals surface area contributed by atoms with E-state index in [1.54, 1.807) is 6.92 Å². The standard InChI is InChI=1S/C9H9FO3S/c1-6-3-4-8(14(10,12)13)5-9(6)7(2)11/h3-5H,1-2H3. The maximum absolute atomic E-state index is 12.6. The first-order valence-electron chi connectivity index (χ1n) is 3.88. The Morgan fingerprint density at radius 3 is 2.36 bits per heavy atom. The van der Waals surface area contributed by atoms with Crippen LogP contribution in [0.1, 0.15) is 22.8 Å². The van der Waals surface area contributed by atoms with Gasteiger partial charge in [0, 0.05) is 5.56 Å². The first-order valence-corrected chi connectivity index (χ1v) is 5.27. The van der Waals surface area contributed by atoms with Gasteiger partial charge in [-0.25, -0.2) is 0 Å². The molecule has 5 heteroatoms. The Morgan fingerprint density at radius 2 is 1.93 bits per heavy atom. The number of benzene rings is 1. The molecule has 0 heterocycles. The number of aryl methyl sites for hydroxylation is 1. The van der Waals surface area contributed by atoms with Crippen molar-refractivity contribution in [2.24, 2.45) is 0 Å². The van der Waals surface area contributed by atoms with Crippen LogP contribution in [-0.2, 0) is 10.2 Å². The summed E-state index contributed by atoms with van der Waals surface area (Å²) in [7, 11) is -4.73. The minimum absolute atomic E-state index is 0.226. The van der Waals surface area contributed by atoms with Gasteiger partial charge in [-0.3, -0.25) is 4.79 Å². The van der Waals surface area contributed by atoms with E-state index in [0.29, 0.717) is 5.56 Å². The molecular weight excluding hydrogens is 207 g/mol. The Balaban J connectivity index is 3.42. The van der Waals surface area contributed by atoms with Crippen molar-refractivity contribution in [1.29, 1.82) is 0 Å². The van der Waals surface area contributed by atoms with E-state index in [1.165, 1.54) is 13.0 Å². The van der Waals surface area contributed by atoms with Crippen LogP contribution in [0, 0.1) is 6.92 Å². The average Bonchev–Trinajstić information content (AvgIpc) is 2.02. The quantitative estimate of drug-likeness (QED) is 0.560. The molecule has 0 radical (unpaired) electrons. The van der Waals surface area contributed by atoms with Crippen molar-refractivity contribution in [2.75, 3.05) is 0 Å². The molecular formula is C9H9FO3S. The maximum atomic E-state index is 12.6. The highest BCUT2D eigenvalue weighted by Gasteiger charge is 2.14. The van der Waals surface area contributed by atoms with Crippen LogP contribution in [-0.4, -0.2) is 14.2 Å². The van der Waals surface area contributed by atoms with Gasteiger partial charge in [0.2, 0.25) is 0 Å². The normalized spacial score (nSPS) is 11.4. The number of halogens is 1.